The minimum absolute atomic E-state index is 0.299. The highest BCUT2D eigenvalue weighted by Gasteiger charge is 2.22. The van der Waals surface area contributed by atoms with Crippen LogP contribution in [0.1, 0.15) is 34.9 Å². The van der Waals surface area contributed by atoms with Gasteiger partial charge in [0.1, 0.15) is 11.5 Å². The maximum Gasteiger partial charge on any atom is 0.261 e. The molecule has 1 aliphatic heterocycles. The first-order chi connectivity index (χ1) is 12.1. The van der Waals surface area contributed by atoms with Crippen LogP contribution in [0.2, 0.25) is 0 Å². The molecular formula is C17H23N5O3. The van der Waals surface area contributed by atoms with E-state index in [1.165, 1.54) is 7.11 Å². The first kappa shape index (κ1) is 17.2. The van der Waals surface area contributed by atoms with Crippen molar-refractivity contribution in [1.82, 2.24) is 20.1 Å². The van der Waals surface area contributed by atoms with Gasteiger partial charge in [-0.25, -0.2) is 4.68 Å². The molecule has 1 aliphatic rings. The van der Waals surface area contributed by atoms with Crippen molar-refractivity contribution in [2.75, 3.05) is 32.6 Å². The molecule has 8 nitrogen and oxygen atoms in total. The summed E-state index contributed by atoms with van der Waals surface area (Å²) < 4.78 is 12.0. The van der Waals surface area contributed by atoms with Crippen LogP contribution in [0.3, 0.4) is 0 Å². The number of piperidine rings is 1. The number of nitrogens with one attached hydrogen (secondary N) is 2. The van der Waals surface area contributed by atoms with Crippen molar-refractivity contribution in [3.63, 3.8) is 0 Å². The number of anilines is 1. The van der Waals surface area contributed by atoms with Crippen LogP contribution in [0, 0.1) is 0 Å². The van der Waals surface area contributed by atoms with E-state index in [1.54, 1.807) is 37.0 Å². The zero-order chi connectivity index (χ0) is 17.8. The predicted octanol–water partition coefficient (Wildman–Crippen LogP) is 1.55. The highest BCUT2D eigenvalue weighted by atomic mass is 16.5. The smallest absolute Gasteiger partial charge is 0.261 e. The predicted molar refractivity (Wildman–Crippen MR) is 93.3 cm³/mol. The standard InChI is InChI=1S/C17H23N5O3/c1-22-17(19-15(21-22)11-6-8-18-9-7-11)20-16(23)13-5-4-12(24-2)10-14(13)25-3/h4-5,10-11,18H,6-9H2,1-3H3,(H,19,20,21,23). The van der Waals surface area contributed by atoms with E-state index in [0.717, 1.165) is 31.8 Å². The fraction of sp³-hybridized carbons (Fsp3) is 0.471. The van der Waals surface area contributed by atoms with E-state index in [-0.39, 0.29) is 5.91 Å². The van der Waals surface area contributed by atoms with Crippen LogP contribution in [0.25, 0.3) is 0 Å². The van der Waals surface area contributed by atoms with E-state index >= 15 is 0 Å². The molecule has 0 radical (unpaired) electrons. The number of hydrogen-bond acceptors (Lipinski definition) is 6. The van der Waals surface area contributed by atoms with Crippen LogP contribution in [0.5, 0.6) is 11.5 Å². The summed E-state index contributed by atoms with van der Waals surface area (Å²) in [6, 6.07) is 5.05. The normalized spacial score (nSPS) is 15.0. The van der Waals surface area contributed by atoms with Gasteiger partial charge < -0.3 is 14.8 Å². The van der Waals surface area contributed by atoms with Gasteiger partial charge in [-0.15, -0.1) is 0 Å². The molecule has 8 heteroatoms. The van der Waals surface area contributed by atoms with E-state index in [9.17, 15) is 4.79 Å². The lowest BCUT2D eigenvalue weighted by molar-refractivity contribution is 0.102. The number of amides is 1. The van der Waals surface area contributed by atoms with Crippen LogP contribution in [0.4, 0.5) is 5.95 Å². The molecule has 3 rings (SSSR count). The summed E-state index contributed by atoms with van der Waals surface area (Å²) in [6.45, 7) is 1.93. The van der Waals surface area contributed by atoms with Crippen LogP contribution in [0.15, 0.2) is 18.2 Å². The average molecular weight is 345 g/mol. The highest BCUT2D eigenvalue weighted by molar-refractivity contribution is 6.05. The number of carbonyl (C=O) groups is 1. The molecule has 0 aliphatic carbocycles. The SMILES string of the molecule is COc1ccc(C(=O)Nc2nc(C3CCNCC3)nn2C)c(OC)c1. The van der Waals surface area contributed by atoms with Gasteiger partial charge in [-0.3, -0.25) is 10.1 Å². The second-order valence-corrected chi connectivity index (χ2v) is 5.96. The van der Waals surface area contributed by atoms with Crippen molar-refractivity contribution in [1.29, 1.82) is 0 Å². The van der Waals surface area contributed by atoms with Gasteiger partial charge in [-0.05, 0) is 38.1 Å². The monoisotopic (exact) mass is 345 g/mol. The number of ether oxygens (including phenoxy) is 2. The number of aryl methyl sites for hydroxylation is 1. The number of carbonyl (C=O) groups excluding carboxylic acids is 1. The lowest BCUT2D eigenvalue weighted by atomic mass is 9.98. The molecular weight excluding hydrogens is 322 g/mol. The van der Waals surface area contributed by atoms with Crippen molar-refractivity contribution in [3.05, 3.63) is 29.6 Å². The Morgan fingerprint density at radius 3 is 2.72 bits per heavy atom. The fourth-order valence-corrected chi connectivity index (χ4v) is 2.92. The highest BCUT2D eigenvalue weighted by Crippen LogP contribution is 2.26. The number of methoxy groups -OCH3 is 2. The summed E-state index contributed by atoms with van der Waals surface area (Å²) in [5, 5.41) is 10.6. The van der Waals surface area contributed by atoms with Crippen LogP contribution < -0.4 is 20.1 Å². The van der Waals surface area contributed by atoms with Gasteiger partial charge >= 0.3 is 0 Å². The molecule has 25 heavy (non-hydrogen) atoms. The molecule has 0 saturated carbocycles. The molecule has 2 aromatic rings. The average Bonchev–Trinajstić information content (AvgIpc) is 3.02. The van der Waals surface area contributed by atoms with Gasteiger partial charge in [0.05, 0.1) is 19.8 Å². The summed E-state index contributed by atoms with van der Waals surface area (Å²) in [6.07, 6.45) is 2.01. The van der Waals surface area contributed by atoms with Crippen molar-refractivity contribution < 1.29 is 14.3 Å². The third-order valence-electron chi connectivity index (χ3n) is 4.36. The van der Waals surface area contributed by atoms with Crippen LogP contribution >= 0.6 is 0 Å². The first-order valence-corrected chi connectivity index (χ1v) is 8.27. The van der Waals surface area contributed by atoms with E-state index in [1.807, 2.05) is 0 Å². The van der Waals surface area contributed by atoms with Gasteiger partial charge in [0, 0.05) is 19.0 Å². The Morgan fingerprint density at radius 1 is 1.28 bits per heavy atom. The van der Waals surface area contributed by atoms with Crippen molar-refractivity contribution in [2.45, 2.75) is 18.8 Å². The van der Waals surface area contributed by atoms with E-state index in [0.29, 0.717) is 28.9 Å². The second-order valence-electron chi connectivity index (χ2n) is 5.96. The molecule has 0 bridgehead atoms. The van der Waals surface area contributed by atoms with E-state index in [2.05, 4.69) is 20.7 Å². The minimum atomic E-state index is -0.299. The zero-order valence-corrected chi connectivity index (χ0v) is 14.7. The Morgan fingerprint density at radius 2 is 2.04 bits per heavy atom. The molecule has 0 atom stereocenters. The molecule has 1 aromatic carbocycles. The van der Waals surface area contributed by atoms with E-state index in [4.69, 9.17) is 9.47 Å². The lowest BCUT2D eigenvalue weighted by Crippen LogP contribution is -2.27. The number of hydrogen-bond donors (Lipinski definition) is 2. The van der Waals surface area contributed by atoms with Crippen LogP contribution in [-0.4, -0.2) is 48.0 Å². The third kappa shape index (κ3) is 3.74. The Hall–Kier alpha value is -2.61. The fourth-order valence-electron chi connectivity index (χ4n) is 2.92. The Balaban J connectivity index is 1.78. The van der Waals surface area contributed by atoms with Gasteiger partial charge in [0.25, 0.3) is 5.91 Å². The molecule has 1 fully saturated rings. The molecule has 0 unspecified atom stereocenters. The first-order valence-electron chi connectivity index (χ1n) is 8.27. The topological polar surface area (TPSA) is 90.3 Å². The molecule has 0 spiro atoms. The zero-order valence-electron chi connectivity index (χ0n) is 14.7. The van der Waals surface area contributed by atoms with Gasteiger partial charge in [-0.2, -0.15) is 10.1 Å². The maximum absolute atomic E-state index is 12.6. The molecule has 1 saturated heterocycles. The maximum atomic E-state index is 12.6. The molecule has 134 valence electrons. The Labute approximate surface area is 146 Å². The third-order valence-corrected chi connectivity index (χ3v) is 4.36. The molecule has 1 aromatic heterocycles. The lowest BCUT2D eigenvalue weighted by Gasteiger charge is -2.19. The van der Waals surface area contributed by atoms with Crippen molar-refractivity contribution in [3.8, 4) is 11.5 Å². The minimum Gasteiger partial charge on any atom is -0.497 e. The van der Waals surface area contributed by atoms with Gasteiger partial charge in [0.15, 0.2) is 5.82 Å². The summed E-state index contributed by atoms with van der Waals surface area (Å²) in [4.78, 5) is 17.1. The summed E-state index contributed by atoms with van der Waals surface area (Å²) >= 11 is 0. The molecule has 1 amide bonds. The molecule has 2 heterocycles. The summed E-state index contributed by atoms with van der Waals surface area (Å²) in [7, 11) is 4.86. The van der Waals surface area contributed by atoms with Gasteiger partial charge in [0.2, 0.25) is 5.95 Å². The number of rotatable bonds is 5. The van der Waals surface area contributed by atoms with Crippen molar-refractivity contribution >= 4 is 11.9 Å². The van der Waals surface area contributed by atoms with Crippen molar-refractivity contribution in [2.24, 2.45) is 7.05 Å². The Bertz CT molecular complexity index is 753. The molecule has 2 N–H and O–H groups in total. The number of benzene rings is 1. The Kier molecular flexibility index (Phi) is 5.18. The second kappa shape index (κ2) is 7.52. The number of aromatic nitrogens is 3. The number of nitrogens with zero attached hydrogens (tertiary/aromatic N) is 3. The van der Waals surface area contributed by atoms with Gasteiger partial charge in [-0.1, -0.05) is 0 Å². The quantitative estimate of drug-likeness (QED) is 0.854. The van der Waals surface area contributed by atoms with E-state index < -0.39 is 0 Å². The summed E-state index contributed by atoms with van der Waals surface area (Å²) in [5.41, 5.74) is 0.412. The van der Waals surface area contributed by atoms with Crippen LogP contribution in [-0.2, 0) is 7.05 Å². The summed E-state index contributed by atoms with van der Waals surface area (Å²) in [5.74, 6) is 2.30. The largest absolute Gasteiger partial charge is 0.497 e.